The van der Waals surface area contributed by atoms with Gasteiger partial charge in [-0.2, -0.15) is 4.98 Å². The van der Waals surface area contributed by atoms with Crippen molar-refractivity contribution in [2.24, 2.45) is 0 Å². The van der Waals surface area contributed by atoms with Crippen LogP contribution in [0.25, 0.3) is 0 Å². The van der Waals surface area contributed by atoms with E-state index in [0.29, 0.717) is 5.89 Å². The number of aromatic nitrogens is 2. The third kappa shape index (κ3) is 2.27. The van der Waals surface area contributed by atoms with Gasteiger partial charge in [-0.15, -0.1) is 0 Å². The maximum absolute atomic E-state index is 11.2. The first kappa shape index (κ1) is 10.2. The zero-order valence-electron chi connectivity index (χ0n) is 8.12. The van der Waals surface area contributed by atoms with Crippen LogP contribution in [-0.2, 0) is 15.1 Å². The van der Waals surface area contributed by atoms with Gasteiger partial charge in [0.1, 0.15) is 9.73 Å². The molecule has 1 heterocycles. The number of hydrogen-bond donors (Lipinski definition) is 1. The summed E-state index contributed by atoms with van der Waals surface area (Å²) >= 11 is 0. The summed E-state index contributed by atoms with van der Waals surface area (Å²) in [5, 5.41) is 3.47. The van der Waals surface area contributed by atoms with Gasteiger partial charge in [-0.05, 0) is 5.16 Å². The van der Waals surface area contributed by atoms with Crippen molar-refractivity contribution in [2.45, 2.75) is 31.3 Å². The van der Waals surface area contributed by atoms with Crippen LogP contribution in [0.1, 0.15) is 26.7 Å². The Balaban J connectivity index is 3.16. The molecule has 13 heavy (non-hydrogen) atoms. The molecule has 1 aromatic heterocycles. The third-order valence-corrected chi connectivity index (χ3v) is 2.26. The van der Waals surface area contributed by atoms with Gasteiger partial charge < -0.3 is 4.52 Å². The van der Waals surface area contributed by atoms with Crippen LogP contribution in [0.2, 0.25) is 0 Å². The van der Waals surface area contributed by atoms with Crippen molar-refractivity contribution in [3.63, 3.8) is 0 Å². The molecule has 0 aliphatic rings. The van der Waals surface area contributed by atoms with Gasteiger partial charge in [-0.3, -0.25) is 0 Å². The Morgan fingerprint density at radius 1 is 1.46 bits per heavy atom. The van der Waals surface area contributed by atoms with Crippen molar-refractivity contribution < 1.29 is 8.73 Å². The van der Waals surface area contributed by atoms with Gasteiger partial charge in [0, 0.05) is 11.7 Å². The summed E-state index contributed by atoms with van der Waals surface area (Å²) in [5.41, 5.74) is -0.268. The smallest absolute Gasteiger partial charge is 0.268 e. The minimum atomic E-state index is -2.86. The molecule has 5 nitrogen and oxygen atoms in total. The molecule has 1 N–H and O–H groups in total. The van der Waals surface area contributed by atoms with Crippen LogP contribution in [0.3, 0.4) is 0 Å². The molecule has 0 radical (unpaired) electrons. The van der Waals surface area contributed by atoms with Crippen molar-refractivity contribution in [1.82, 2.24) is 10.1 Å². The van der Waals surface area contributed by atoms with Crippen LogP contribution in [0.15, 0.2) is 9.68 Å². The van der Waals surface area contributed by atoms with Crippen molar-refractivity contribution >= 4 is 9.73 Å². The topological polar surface area (TPSA) is 79.8 Å². The lowest BCUT2D eigenvalue weighted by Crippen LogP contribution is -2.11. The fourth-order valence-corrected chi connectivity index (χ4v) is 1.11. The number of nitrogens with zero attached hydrogens (tertiary/aromatic N) is 2. The molecule has 0 aliphatic carbocycles. The summed E-state index contributed by atoms with van der Waals surface area (Å²) in [7, 11) is -2.86. The van der Waals surface area contributed by atoms with Gasteiger partial charge in [0.05, 0.1) is 0 Å². The second-order valence-corrected chi connectivity index (χ2v) is 6.03. The predicted molar refractivity (Wildman–Crippen MR) is 48.1 cm³/mol. The van der Waals surface area contributed by atoms with E-state index in [9.17, 15) is 4.21 Å². The lowest BCUT2D eigenvalue weighted by molar-refractivity contribution is 0.315. The lowest BCUT2D eigenvalue weighted by Gasteiger charge is -2.10. The average Bonchev–Trinajstić information content (AvgIpc) is 2.28. The van der Waals surface area contributed by atoms with Gasteiger partial charge in [0.15, 0.2) is 0 Å². The van der Waals surface area contributed by atoms with E-state index in [1.54, 1.807) is 0 Å². The SMILES string of the molecule is CC(C)(C)c1nc(S(C)(=N)=O)no1. The van der Waals surface area contributed by atoms with E-state index in [1.165, 1.54) is 6.26 Å². The van der Waals surface area contributed by atoms with Crippen LogP contribution in [0.4, 0.5) is 0 Å². The minimum Gasteiger partial charge on any atom is -0.338 e. The molecular weight excluding hydrogens is 190 g/mol. The van der Waals surface area contributed by atoms with Gasteiger partial charge >= 0.3 is 0 Å². The molecule has 1 atom stereocenters. The molecule has 0 spiro atoms. The van der Waals surface area contributed by atoms with Crippen LogP contribution in [0.5, 0.6) is 0 Å². The molecular formula is C7H13N3O2S. The highest BCUT2D eigenvalue weighted by atomic mass is 32.2. The van der Waals surface area contributed by atoms with E-state index in [1.807, 2.05) is 20.8 Å². The fraction of sp³-hybridized carbons (Fsp3) is 0.714. The molecule has 1 rings (SSSR count). The van der Waals surface area contributed by atoms with E-state index >= 15 is 0 Å². The van der Waals surface area contributed by atoms with Crippen LogP contribution < -0.4 is 0 Å². The van der Waals surface area contributed by atoms with Crippen LogP contribution >= 0.6 is 0 Å². The van der Waals surface area contributed by atoms with E-state index in [2.05, 4.69) is 10.1 Å². The largest absolute Gasteiger partial charge is 0.338 e. The Kier molecular flexibility index (Phi) is 2.19. The second-order valence-electron chi connectivity index (χ2n) is 3.98. The van der Waals surface area contributed by atoms with Gasteiger partial charge in [0.2, 0.25) is 5.89 Å². The van der Waals surface area contributed by atoms with Crippen molar-refractivity contribution in [2.75, 3.05) is 6.26 Å². The molecule has 6 heteroatoms. The predicted octanol–water partition coefficient (Wildman–Crippen LogP) is 1.40. The fourth-order valence-electron chi connectivity index (χ4n) is 0.673. The summed E-state index contributed by atoms with van der Waals surface area (Å²) in [5.74, 6) is 0.407. The normalized spacial score (nSPS) is 16.9. The molecule has 0 saturated heterocycles. The van der Waals surface area contributed by atoms with Crippen LogP contribution in [0, 0.1) is 4.78 Å². The maximum Gasteiger partial charge on any atom is 0.268 e. The summed E-state index contributed by atoms with van der Waals surface area (Å²) < 4.78 is 23.3. The van der Waals surface area contributed by atoms with Gasteiger partial charge in [0.25, 0.3) is 5.16 Å². The first-order valence-electron chi connectivity index (χ1n) is 3.79. The summed E-state index contributed by atoms with van der Waals surface area (Å²) in [4.78, 5) is 3.91. The monoisotopic (exact) mass is 203 g/mol. The summed E-state index contributed by atoms with van der Waals surface area (Å²) in [6, 6.07) is 0. The van der Waals surface area contributed by atoms with Crippen molar-refractivity contribution in [3.05, 3.63) is 5.89 Å². The summed E-state index contributed by atoms with van der Waals surface area (Å²) in [6.07, 6.45) is 1.27. The Bertz CT molecular complexity index is 400. The quantitative estimate of drug-likeness (QED) is 0.748. The van der Waals surface area contributed by atoms with Crippen molar-refractivity contribution in [3.8, 4) is 0 Å². The van der Waals surface area contributed by atoms with E-state index in [-0.39, 0.29) is 10.6 Å². The third-order valence-electron chi connectivity index (χ3n) is 1.40. The minimum absolute atomic E-state index is 0.0302. The number of rotatable bonds is 1. The van der Waals surface area contributed by atoms with Crippen LogP contribution in [-0.4, -0.2) is 20.6 Å². The lowest BCUT2D eigenvalue weighted by atomic mass is 9.97. The highest BCUT2D eigenvalue weighted by Crippen LogP contribution is 2.20. The highest BCUT2D eigenvalue weighted by molar-refractivity contribution is 7.91. The van der Waals surface area contributed by atoms with E-state index in [4.69, 9.17) is 9.30 Å². The molecule has 74 valence electrons. The standard InChI is InChI=1S/C7H13N3O2S/c1-7(2,3)5-9-6(10-12-5)13(4,8)11/h8H,1-4H3. The zero-order valence-corrected chi connectivity index (χ0v) is 8.94. The molecule has 0 fully saturated rings. The first-order chi connectivity index (χ1) is 5.71. The highest BCUT2D eigenvalue weighted by Gasteiger charge is 2.23. The van der Waals surface area contributed by atoms with E-state index in [0.717, 1.165) is 0 Å². The Labute approximate surface area is 77.5 Å². The first-order valence-corrected chi connectivity index (χ1v) is 5.76. The molecule has 0 saturated carbocycles. The molecule has 1 aromatic rings. The molecule has 0 aliphatic heterocycles. The van der Waals surface area contributed by atoms with Gasteiger partial charge in [-0.25, -0.2) is 8.99 Å². The maximum atomic E-state index is 11.2. The second kappa shape index (κ2) is 2.80. The Morgan fingerprint density at radius 3 is 2.23 bits per heavy atom. The molecule has 0 bridgehead atoms. The van der Waals surface area contributed by atoms with E-state index < -0.39 is 9.73 Å². The van der Waals surface area contributed by atoms with Gasteiger partial charge in [-0.1, -0.05) is 20.8 Å². The van der Waals surface area contributed by atoms with Crippen molar-refractivity contribution in [1.29, 1.82) is 4.78 Å². The number of nitrogens with one attached hydrogen (secondary N) is 1. The number of hydrogen-bond acceptors (Lipinski definition) is 5. The average molecular weight is 203 g/mol. The summed E-state index contributed by atoms with van der Waals surface area (Å²) in [6.45, 7) is 5.73. The Morgan fingerprint density at radius 2 is 2.00 bits per heavy atom. The Hall–Kier alpha value is -0.910. The molecule has 0 aromatic carbocycles. The molecule has 0 amide bonds. The zero-order chi connectivity index (χ0) is 10.3. The molecule has 1 unspecified atom stereocenters.